The molecule has 25 heavy (non-hydrogen) atoms. The van der Waals surface area contributed by atoms with Crippen LogP contribution in [-0.4, -0.2) is 40.7 Å². The summed E-state index contributed by atoms with van der Waals surface area (Å²) in [6.45, 7) is 7.19. The van der Waals surface area contributed by atoms with Gasteiger partial charge in [0, 0.05) is 18.5 Å². The van der Waals surface area contributed by atoms with Gasteiger partial charge in [-0.05, 0) is 20.1 Å². The van der Waals surface area contributed by atoms with Crippen LogP contribution in [-0.2, 0) is 12.1 Å². The third-order valence-electron chi connectivity index (χ3n) is 3.54. The number of hydrogen-bond acceptors (Lipinski definition) is 7. The van der Waals surface area contributed by atoms with Crippen molar-refractivity contribution in [2.24, 2.45) is 0 Å². The monoisotopic (exact) mass is 358 g/mol. The van der Waals surface area contributed by atoms with Crippen molar-refractivity contribution < 1.29 is 5.11 Å². The molecule has 0 bridgehead atoms. The maximum absolute atomic E-state index is 12.7. The number of fused-ring (bicyclic) bond motifs is 1. The molecule has 0 saturated heterocycles. The number of rotatable bonds is 5. The number of hydrogen-bond donors (Lipinski definition) is 1. The minimum Gasteiger partial charge on any atom is -0.382 e. The summed E-state index contributed by atoms with van der Waals surface area (Å²) < 4.78 is 3.09. The van der Waals surface area contributed by atoms with Gasteiger partial charge >= 0.3 is 0 Å². The lowest BCUT2D eigenvalue weighted by atomic mass is 10.1. The van der Waals surface area contributed by atoms with E-state index in [1.165, 1.54) is 22.6 Å². The average molecular weight is 358 g/mol. The summed E-state index contributed by atoms with van der Waals surface area (Å²) in [5.41, 5.74) is -0.986. The molecule has 0 unspecified atom stereocenters. The van der Waals surface area contributed by atoms with Crippen LogP contribution in [0.15, 0.2) is 41.1 Å². The number of aliphatic hydroxyl groups is 1. The van der Waals surface area contributed by atoms with Gasteiger partial charge in [-0.25, -0.2) is 29.3 Å². The molecule has 0 spiro atoms. The molecule has 0 aliphatic carbocycles. The van der Waals surface area contributed by atoms with Gasteiger partial charge in [-0.3, -0.25) is 4.79 Å². The molecule has 0 aromatic carbocycles. The SMILES string of the molecule is C=CCn1c(=O)c2cnc(SC)nc2n1-c1ccnc(C(C)(C)O)n1. The number of nitrogens with zero attached hydrogens (tertiary/aromatic N) is 6. The second-order valence-electron chi connectivity index (χ2n) is 5.88. The summed E-state index contributed by atoms with van der Waals surface area (Å²) in [4.78, 5) is 29.9. The van der Waals surface area contributed by atoms with Crippen LogP contribution in [0.2, 0.25) is 0 Å². The van der Waals surface area contributed by atoms with Crippen molar-refractivity contribution in [2.75, 3.05) is 6.26 Å². The zero-order valence-electron chi connectivity index (χ0n) is 14.2. The van der Waals surface area contributed by atoms with E-state index in [0.29, 0.717) is 22.0 Å². The third-order valence-corrected chi connectivity index (χ3v) is 4.10. The Balaban J connectivity index is 2.36. The number of thioether (sulfide) groups is 1. The zero-order valence-corrected chi connectivity index (χ0v) is 15.0. The summed E-state index contributed by atoms with van der Waals surface area (Å²) in [5, 5.41) is 11.1. The molecular weight excluding hydrogens is 340 g/mol. The molecule has 130 valence electrons. The highest BCUT2D eigenvalue weighted by molar-refractivity contribution is 7.98. The quantitative estimate of drug-likeness (QED) is 0.419. The van der Waals surface area contributed by atoms with Crippen LogP contribution in [0.1, 0.15) is 19.7 Å². The Bertz CT molecular complexity index is 1000. The molecule has 0 amide bonds. The first-order valence-electron chi connectivity index (χ1n) is 7.56. The molecule has 1 N–H and O–H groups in total. The highest BCUT2D eigenvalue weighted by atomic mass is 32.2. The fourth-order valence-electron chi connectivity index (χ4n) is 2.39. The van der Waals surface area contributed by atoms with Crippen LogP contribution in [0.25, 0.3) is 16.9 Å². The van der Waals surface area contributed by atoms with Crippen molar-refractivity contribution in [3.63, 3.8) is 0 Å². The highest BCUT2D eigenvalue weighted by Crippen LogP contribution is 2.20. The fraction of sp³-hybridized carbons (Fsp3) is 0.312. The summed E-state index contributed by atoms with van der Waals surface area (Å²) in [7, 11) is 0. The van der Waals surface area contributed by atoms with Crippen molar-refractivity contribution in [3.05, 3.63) is 47.3 Å². The minimum atomic E-state index is -1.21. The van der Waals surface area contributed by atoms with E-state index < -0.39 is 5.60 Å². The Morgan fingerprint density at radius 1 is 1.36 bits per heavy atom. The van der Waals surface area contributed by atoms with Crippen LogP contribution >= 0.6 is 11.8 Å². The van der Waals surface area contributed by atoms with E-state index in [0.717, 1.165) is 0 Å². The average Bonchev–Trinajstić information content (AvgIpc) is 2.86. The van der Waals surface area contributed by atoms with E-state index in [1.807, 2.05) is 6.26 Å². The van der Waals surface area contributed by atoms with Crippen LogP contribution < -0.4 is 5.56 Å². The van der Waals surface area contributed by atoms with E-state index >= 15 is 0 Å². The first kappa shape index (κ1) is 17.3. The Morgan fingerprint density at radius 2 is 2.12 bits per heavy atom. The van der Waals surface area contributed by atoms with Crippen LogP contribution in [0, 0.1) is 0 Å². The molecule has 8 nitrogen and oxygen atoms in total. The summed E-state index contributed by atoms with van der Waals surface area (Å²) in [5.74, 6) is 0.690. The molecule has 3 heterocycles. The minimum absolute atomic E-state index is 0.231. The molecule has 0 aliphatic heterocycles. The van der Waals surface area contributed by atoms with Crippen molar-refractivity contribution in [3.8, 4) is 5.82 Å². The predicted octanol–water partition coefficient (Wildman–Crippen LogP) is 1.51. The van der Waals surface area contributed by atoms with E-state index in [-0.39, 0.29) is 17.9 Å². The second-order valence-corrected chi connectivity index (χ2v) is 6.65. The van der Waals surface area contributed by atoms with Crippen LogP contribution in [0.3, 0.4) is 0 Å². The Kier molecular flexibility index (Phi) is 4.44. The fourth-order valence-corrected chi connectivity index (χ4v) is 2.73. The Morgan fingerprint density at radius 3 is 2.76 bits per heavy atom. The molecule has 0 radical (unpaired) electrons. The lowest BCUT2D eigenvalue weighted by molar-refractivity contribution is 0.0686. The molecule has 0 aliphatic rings. The molecule has 9 heteroatoms. The van der Waals surface area contributed by atoms with Gasteiger partial charge in [0.15, 0.2) is 22.4 Å². The van der Waals surface area contributed by atoms with Gasteiger partial charge in [-0.2, -0.15) is 0 Å². The van der Waals surface area contributed by atoms with E-state index in [4.69, 9.17) is 0 Å². The lowest BCUT2D eigenvalue weighted by Crippen LogP contribution is -2.24. The number of aromatic nitrogens is 6. The molecule has 3 aromatic heterocycles. The molecule has 3 rings (SSSR count). The molecule has 3 aromatic rings. The standard InChI is InChI=1S/C16H18N6O2S/c1-5-8-21-13(23)10-9-18-15(25-4)20-12(10)22(21)11-6-7-17-14(19-11)16(2,3)24/h5-7,9,24H,1,8H2,2-4H3. The summed E-state index contributed by atoms with van der Waals surface area (Å²) >= 11 is 1.38. The Labute approximate surface area is 148 Å². The summed E-state index contributed by atoms with van der Waals surface area (Å²) in [6.07, 6.45) is 6.55. The first-order valence-corrected chi connectivity index (χ1v) is 8.79. The first-order chi connectivity index (χ1) is 11.9. The van der Waals surface area contributed by atoms with Gasteiger partial charge in [0.1, 0.15) is 11.0 Å². The van der Waals surface area contributed by atoms with Crippen molar-refractivity contribution >= 4 is 22.8 Å². The summed E-state index contributed by atoms with van der Waals surface area (Å²) in [6, 6.07) is 1.66. The smallest absolute Gasteiger partial charge is 0.278 e. The van der Waals surface area contributed by atoms with Gasteiger partial charge in [-0.15, -0.1) is 6.58 Å². The van der Waals surface area contributed by atoms with Gasteiger partial charge in [0.2, 0.25) is 0 Å². The number of allylic oxidation sites excluding steroid dienone is 1. The van der Waals surface area contributed by atoms with Crippen molar-refractivity contribution in [1.29, 1.82) is 0 Å². The van der Waals surface area contributed by atoms with Gasteiger partial charge in [0.05, 0.1) is 6.54 Å². The molecule has 0 atom stereocenters. The lowest BCUT2D eigenvalue weighted by Gasteiger charge is -2.17. The maximum Gasteiger partial charge on any atom is 0.278 e. The van der Waals surface area contributed by atoms with Gasteiger partial charge < -0.3 is 5.11 Å². The van der Waals surface area contributed by atoms with Crippen molar-refractivity contribution in [1.82, 2.24) is 29.3 Å². The highest BCUT2D eigenvalue weighted by Gasteiger charge is 2.22. The topological polar surface area (TPSA) is 98.7 Å². The van der Waals surface area contributed by atoms with Crippen LogP contribution in [0.5, 0.6) is 0 Å². The van der Waals surface area contributed by atoms with E-state index in [9.17, 15) is 9.90 Å². The zero-order chi connectivity index (χ0) is 18.2. The molecule has 0 saturated carbocycles. The van der Waals surface area contributed by atoms with Crippen molar-refractivity contribution in [2.45, 2.75) is 31.1 Å². The van der Waals surface area contributed by atoms with Crippen LogP contribution in [0.4, 0.5) is 0 Å². The maximum atomic E-state index is 12.7. The largest absolute Gasteiger partial charge is 0.382 e. The van der Waals surface area contributed by atoms with E-state index in [2.05, 4.69) is 26.5 Å². The Hall–Kier alpha value is -2.52. The van der Waals surface area contributed by atoms with Gasteiger partial charge in [-0.1, -0.05) is 17.8 Å². The third kappa shape index (κ3) is 3.08. The normalized spacial score (nSPS) is 11.8. The van der Waals surface area contributed by atoms with E-state index in [1.54, 1.807) is 36.9 Å². The predicted molar refractivity (Wildman–Crippen MR) is 95.9 cm³/mol. The second kappa shape index (κ2) is 6.41. The van der Waals surface area contributed by atoms with Gasteiger partial charge in [0.25, 0.3) is 5.56 Å². The molecule has 0 fully saturated rings. The molecular formula is C16H18N6O2S.